The van der Waals surface area contributed by atoms with E-state index in [9.17, 15) is 9.59 Å². The van der Waals surface area contributed by atoms with Gasteiger partial charge in [-0.1, -0.05) is 5.16 Å². The molecule has 0 radical (unpaired) electrons. The van der Waals surface area contributed by atoms with E-state index >= 15 is 0 Å². The SMILES string of the molecule is C[C@@H](C1CC1)n1nccc1NC(=O)[C@H]1CC(C(=O)OC(C)(C)C)=NO1. The summed E-state index contributed by atoms with van der Waals surface area (Å²) in [6.07, 6.45) is 3.28. The lowest BCUT2D eigenvalue weighted by atomic mass is 10.1. The van der Waals surface area contributed by atoms with Gasteiger partial charge in [-0.05, 0) is 46.5 Å². The molecule has 0 saturated heterocycles. The van der Waals surface area contributed by atoms with Gasteiger partial charge in [-0.25, -0.2) is 9.48 Å². The lowest BCUT2D eigenvalue weighted by Gasteiger charge is -2.18. The highest BCUT2D eigenvalue weighted by Crippen LogP contribution is 2.40. The average molecular weight is 348 g/mol. The largest absolute Gasteiger partial charge is 0.455 e. The molecule has 1 fully saturated rings. The molecule has 0 aromatic carbocycles. The van der Waals surface area contributed by atoms with E-state index in [1.165, 1.54) is 12.8 Å². The third kappa shape index (κ3) is 4.18. The van der Waals surface area contributed by atoms with Gasteiger partial charge in [-0.2, -0.15) is 5.10 Å². The van der Waals surface area contributed by atoms with Crippen LogP contribution in [-0.4, -0.2) is 39.1 Å². The molecule has 8 heteroatoms. The molecule has 136 valence electrons. The van der Waals surface area contributed by atoms with Crippen molar-refractivity contribution < 1.29 is 19.2 Å². The Labute approximate surface area is 146 Å². The molecule has 2 atom stereocenters. The Balaban J connectivity index is 1.57. The van der Waals surface area contributed by atoms with E-state index in [-0.39, 0.29) is 24.1 Å². The average Bonchev–Trinajstić information content (AvgIpc) is 3.06. The second-order valence-electron chi connectivity index (χ2n) is 7.57. The van der Waals surface area contributed by atoms with Crippen LogP contribution in [0.2, 0.25) is 0 Å². The lowest BCUT2D eigenvalue weighted by molar-refractivity contribution is -0.146. The number of nitrogens with zero attached hydrogens (tertiary/aromatic N) is 3. The first-order valence-corrected chi connectivity index (χ1v) is 8.55. The van der Waals surface area contributed by atoms with E-state index in [4.69, 9.17) is 9.57 Å². The van der Waals surface area contributed by atoms with Crippen molar-refractivity contribution in [2.75, 3.05) is 5.32 Å². The highest BCUT2D eigenvalue weighted by molar-refractivity contribution is 6.37. The number of rotatable bonds is 5. The van der Waals surface area contributed by atoms with Gasteiger partial charge in [0.25, 0.3) is 5.91 Å². The maximum Gasteiger partial charge on any atom is 0.356 e. The number of carbonyl (C=O) groups is 2. The smallest absolute Gasteiger partial charge is 0.356 e. The van der Waals surface area contributed by atoms with Gasteiger partial charge in [-0.3, -0.25) is 4.79 Å². The minimum atomic E-state index is -0.845. The summed E-state index contributed by atoms with van der Waals surface area (Å²) in [5.74, 6) is 0.321. The number of nitrogens with one attached hydrogen (secondary N) is 1. The zero-order valence-corrected chi connectivity index (χ0v) is 15.0. The van der Waals surface area contributed by atoms with Crippen molar-refractivity contribution in [3.63, 3.8) is 0 Å². The normalized spacial score (nSPS) is 21.3. The molecule has 2 aliphatic rings. The molecule has 1 aromatic heterocycles. The van der Waals surface area contributed by atoms with E-state index in [1.807, 2.05) is 4.68 Å². The summed E-state index contributed by atoms with van der Waals surface area (Å²) in [4.78, 5) is 29.5. The Morgan fingerprint density at radius 1 is 1.40 bits per heavy atom. The molecule has 8 nitrogen and oxygen atoms in total. The summed E-state index contributed by atoms with van der Waals surface area (Å²) in [5, 5.41) is 10.8. The fourth-order valence-corrected chi connectivity index (χ4v) is 2.70. The number of anilines is 1. The molecule has 1 aliphatic heterocycles. The summed E-state index contributed by atoms with van der Waals surface area (Å²) in [5.41, 5.74) is -0.499. The molecule has 1 amide bonds. The first-order valence-electron chi connectivity index (χ1n) is 8.55. The first kappa shape index (κ1) is 17.4. The Morgan fingerprint density at radius 2 is 2.12 bits per heavy atom. The van der Waals surface area contributed by atoms with Gasteiger partial charge in [0.1, 0.15) is 11.4 Å². The van der Waals surface area contributed by atoms with Gasteiger partial charge in [-0.15, -0.1) is 0 Å². The van der Waals surface area contributed by atoms with Crippen LogP contribution in [0.25, 0.3) is 0 Å². The van der Waals surface area contributed by atoms with Crippen molar-refractivity contribution in [3.05, 3.63) is 12.3 Å². The number of ether oxygens (including phenoxy) is 1. The van der Waals surface area contributed by atoms with Crippen molar-refractivity contribution in [1.82, 2.24) is 9.78 Å². The van der Waals surface area contributed by atoms with Gasteiger partial charge in [0.05, 0.1) is 12.2 Å². The van der Waals surface area contributed by atoms with Gasteiger partial charge in [0, 0.05) is 12.5 Å². The quantitative estimate of drug-likeness (QED) is 0.824. The van der Waals surface area contributed by atoms with Gasteiger partial charge in [0.2, 0.25) is 6.10 Å². The van der Waals surface area contributed by atoms with Crippen LogP contribution >= 0.6 is 0 Å². The Hall–Kier alpha value is -2.38. The predicted molar refractivity (Wildman–Crippen MR) is 91.1 cm³/mol. The van der Waals surface area contributed by atoms with Crippen LogP contribution in [0.15, 0.2) is 17.4 Å². The lowest BCUT2D eigenvalue weighted by Crippen LogP contribution is -2.32. The van der Waals surface area contributed by atoms with Gasteiger partial charge in [0.15, 0.2) is 5.71 Å². The molecule has 0 unspecified atom stereocenters. The van der Waals surface area contributed by atoms with E-state index < -0.39 is 17.7 Å². The molecule has 1 N–H and O–H groups in total. The van der Waals surface area contributed by atoms with E-state index in [0.29, 0.717) is 11.7 Å². The number of hydrogen-bond donors (Lipinski definition) is 1. The summed E-state index contributed by atoms with van der Waals surface area (Å²) in [7, 11) is 0. The van der Waals surface area contributed by atoms with Crippen molar-refractivity contribution in [3.8, 4) is 0 Å². The number of carbonyl (C=O) groups excluding carboxylic acids is 2. The first-order chi connectivity index (χ1) is 11.7. The second kappa shape index (κ2) is 6.50. The van der Waals surface area contributed by atoms with Crippen LogP contribution in [0.5, 0.6) is 0 Å². The summed E-state index contributed by atoms with van der Waals surface area (Å²) in [6.45, 7) is 7.41. The molecule has 25 heavy (non-hydrogen) atoms. The number of amides is 1. The Kier molecular flexibility index (Phi) is 4.53. The van der Waals surface area contributed by atoms with Crippen molar-refractivity contribution in [2.45, 2.75) is 64.7 Å². The maximum atomic E-state index is 12.4. The zero-order valence-electron chi connectivity index (χ0n) is 15.0. The number of oxime groups is 1. The minimum absolute atomic E-state index is 0.0903. The summed E-state index contributed by atoms with van der Waals surface area (Å²) < 4.78 is 7.06. The van der Waals surface area contributed by atoms with Crippen LogP contribution in [-0.2, 0) is 19.2 Å². The second-order valence-corrected chi connectivity index (χ2v) is 7.57. The molecule has 3 rings (SSSR count). The van der Waals surface area contributed by atoms with Crippen LogP contribution in [0.4, 0.5) is 5.82 Å². The third-order valence-corrected chi connectivity index (χ3v) is 4.21. The van der Waals surface area contributed by atoms with Crippen LogP contribution in [0.1, 0.15) is 53.0 Å². The van der Waals surface area contributed by atoms with E-state index in [0.717, 1.165) is 0 Å². The highest BCUT2D eigenvalue weighted by atomic mass is 16.7. The molecule has 1 saturated carbocycles. The van der Waals surface area contributed by atoms with Crippen molar-refractivity contribution >= 4 is 23.4 Å². The fraction of sp³-hybridized carbons (Fsp3) is 0.647. The standard InChI is InChI=1S/C17H24N4O4/c1-10(11-5-6-11)21-14(7-8-18-21)19-15(22)13-9-12(20-25-13)16(23)24-17(2,3)4/h7-8,10-11,13H,5-6,9H2,1-4H3,(H,19,22)/t10-,13+/m0/s1. The number of hydrogen-bond acceptors (Lipinski definition) is 6. The molecule has 2 heterocycles. The van der Waals surface area contributed by atoms with Crippen LogP contribution in [0.3, 0.4) is 0 Å². The number of aromatic nitrogens is 2. The van der Waals surface area contributed by atoms with E-state index in [1.54, 1.807) is 33.0 Å². The third-order valence-electron chi connectivity index (χ3n) is 4.21. The molecular formula is C17H24N4O4. The molecular weight excluding hydrogens is 324 g/mol. The maximum absolute atomic E-state index is 12.4. The van der Waals surface area contributed by atoms with Crippen LogP contribution < -0.4 is 5.32 Å². The van der Waals surface area contributed by atoms with Gasteiger partial charge < -0.3 is 14.9 Å². The van der Waals surface area contributed by atoms with Crippen LogP contribution in [0, 0.1) is 5.92 Å². The molecule has 1 aromatic rings. The zero-order chi connectivity index (χ0) is 18.2. The van der Waals surface area contributed by atoms with Crippen molar-refractivity contribution in [1.29, 1.82) is 0 Å². The fourth-order valence-electron chi connectivity index (χ4n) is 2.70. The Bertz CT molecular complexity index is 700. The molecule has 1 aliphatic carbocycles. The molecule has 0 spiro atoms. The summed E-state index contributed by atoms with van der Waals surface area (Å²) in [6, 6.07) is 1.99. The Morgan fingerprint density at radius 3 is 2.76 bits per heavy atom. The van der Waals surface area contributed by atoms with Crippen molar-refractivity contribution in [2.24, 2.45) is 11.1 Å². The summed E-state index contributed by atoms with van der Waals surface area (Å²) >= 11 is 0. The van der Waals surface area contributed by atoms with Gasteiger partial charge >= 0.3 is 5.97 Å². The monoisotopic (exact) mass is 348 g/mol. The molecule has 0 bridgehead atoms. The highest BCUT2D eigenvalue weighted by Gasteiger charge is 2.35. The minimum Gasteiger partial charge on any atom is -0.455 e. The topological polar surface area (TPSA) is 94.8 Å². The number of esters is 1. The van der Waals surface area contributed by atoms with E-state index in [2.05, 4.69) is 22.5 Å². The predicted octanol–water partition coefficient (Wildman–Crippen LogP) is 2.28.